The van der Waals surface area contributed by atoms with E-state index in [0.717, 1.165) is 11.5 Å². The summed E-state index contributed by atoms with van der Waals surface area (Å²) in [5.41, 5.74) is -0.242. The van der Waals surface area contributed by atoms with Crippen LogP contribution in [0, 0.1) is 0 Å². The molecule has 0 spiro atoms. The Morgan fingerprint density at radius 3 is 3.18 bits per heavy atom. The Morgan fingerprint density at radius 1 is 1.64 bits per heavy atom. The first-order valence-electron chi connectivity index (χ1n) is 2.77. The third kappa shape index (κ3) is 0.928. The summed E-state index contributed by atoms with van der Waals surface area (Å²) in [6, 6.07) is 0. The van der Waals surface area contributed by atoms with E-state index in [1.165, 1.54) is 6.33 Å². The molecule has 0 aliphatic heterocycles. The Morgan fingerprint density at radius 2 is 2.45 bits per heavy atom. The van der Waals surface area contributed by atoms with E-state index in [2.05, 4.69) is 14.3 Å². The first-order valence-corrected chi connectivity index (χ1v) is 3.93. The molecule has 0 saturated heterocycles. The minimum Gasteiger partial charge on any atom is -0.312 e. The second kappa shape index (κ2) is 2.28. The summed E-state index contributed by atoms with van der Waals surface area (Å²) < 4.78 is 3.78. The number of rotatable bonds is 0. The molecule has 0 radical (unpaired) electrons. The van der Waals surface area contributed by atoms with Crippen molar-refractivity contribution in [3.63, 3.8) is 0 Å². The Kier molecular flexibility index (Phi) is 1.40. The number of nitrogens with one attached hydrogen (secondary N) is 1. The Labute approximate surface area is 70.0 Å². The van der Waals surface area contributed by atoms with E-state index < -0.39 is 0 Å². The molecule has 6 heteroatoms. The van der Waals surface area contributed by atoms with Gasteiger partial charge in [0.1, 0.15) is 5.39 Å². The van der Waals surface area contributed by atoms with Crippen molar-refractivity contribution in [2.24, 2.45) is 0 Å². The predicted molar refractivity (Wildman–Crippen MR) is 43.0 cm³/mol. The molecule has 1 N–H and O–H groups in total. The third-order valence-corrected chi connectivity index (χ3v) is 2.37. The number of nitrogens with zero attached hydrogens (tertiary/aromatic N) is 2. The zero-order chi connectivity index (χ0) is 7.84. The van der Waals surface area contributed by atoms with Crippen LogP contribution in [-0.2, 0) is 0 Å². The van der Waals surface area contributed by atoms with Gasteiger partial charge < -0.3 is 4.98 Å². The van der Waals surface area contributed by atoms with Crippen molar-refractivity contribution in [1.29, 1.82) is 0 Å². The first-order chi connectivity index (χ1) is 5.29. The van der Waals surface area contributed by atoms with E-state index >= 15 is 0 Å². The molecule has 0 amide bonds. The van der Waals surface area contributed by atoms with Crippen LogP contribution in [0.4, 0.5) is 0 Å². The summed E-state index contributed by atoms with van der Waals surface area (Å²) in [7, 11) is 0. The average molecular weight is 188 g/mol. The number of halogens is 1. The highest BCUT2D eigenvalue weighted by Crippen LogP contribution is 2.19. The van der Waals surface area contributed by atoms with Crippen LogP contribution in [0.15, 0.2) is 11.1 Å². The lowest BCUT2D eigenvalue weighted by Gasteiger charge is -1.83. The van der Waals surface area contributed by atoms with Gasteiger partial charge in [-0.25, -0.2) is 4.98 Å². The number of fused-ring (bicyclic) bond motifs is 1. The van der Waals surface area contributed by atoms with E-state index in [0.29, 0.717) is 10.2 Å². The predicted octanol–water partition coefficient (Wildman–Crippen LogP) is 1.03. The monoisotopic (exact) mass is 187 g/mol. The molecule has 2 rings (SSSR count). The Balaban J connectivity index is 3.08. The molecule has 0 fully saturated rings. The van der Waals surface area contributed by atoms with Gasteiger partial charge in [-0.05, 0) is 11.5 Å². The summed E-state index contributed by atoms with van der Waals surface area (Å²) in [4.78, 5) is 17.9. The van der Waals surface area contributed by atoms with Crippen LogP contribution in [0.5, 0.6) is 0 Å². The second-order valence-corrected chi connectivity index (χ2v) is 3.00. The number of hydrogen-bond donors (Lipinski definition) is 1. The van der Waals surface area contributed by atoms with Gasteiger partial charge in [-0.3, -0.25) is 4.79 Å². The minimum atomic E-state index is -0.242. The molecular formula is C5H2ClN3OS. The molecule has 0 aromatic carbocycles. The van der Waals surface area contributed by atoms with E-state index in [1.807, 2.05) is 0 Å². The summed E-state index contributed by atoms with van der Waals surface area (Å²) in [5.74, 6) is 0. The van der Waals surface area contributed by atoms with Crippen LogP contribution in [0.25, 0.3) is 10.2 Å². The van der Waals surface area contributed by atoms with Crippen LogP contribution in [0.1, 0.15) is 0 Å². The van der Waals surface area contributed by atoms with E-state index in [-0.39, 0.29) is 10.7 Å². The van der Waals surface area contributed by atoms with Gasteiger partial charge in [0.25, 0.3) is 5.56 Å². The maximum Gasteiger partial charge on any atom is 0.262 e. The Hall–Kier alpha value is -0.940. The zero-order valence-corrected chi connectivity index (χ0v) is 6.74. The van der Waals surface area contributed by atoms with Crippen molar-refractivity contribution in [1.82, 2.24) is 14.3 Å². The fraction of sp³-hybridized carbons (Fsp3) is 0. The highest BCUT2D eigenvalue weighted by atomic mass is 35.5. The van der Waals surface area contributed by atoms with Crippen LogP contribution < -0.4 is 5.56 Å². The molecule has 0 saturated carbocycles. The molecule has 0 unspecified atom stereocenters. The zero-order valence-electron chi connectivity index (χ0n) is 5.17. The highest BCUT2D eigenvalue weighted by Gasteiger charge is 2.07. The summed E-state index contributed by atoms with van der Waals surface area (Å²) in [6.45, 7) is 0. The van der Waals surface area contributed by atoms with Crippen LogP contribution >= 0.6 is 23.1 Å². The molecule has 11 heavy (non-hydrogen) atoms. The SMILES string of the molecule is O=c1[nH]cnc2snc(Cl)c12. The van der Waals surface area contributed by atoms with E-state index in [1.54, 1.807) is 0 Å². The third-order valence-electron chi connectivity index (χ3n) is 1.24. The van der Waals surface area contributed by atoms with E-state index in [4.69, 9.17) is 11.6 Å². The highest BCUT2D eigenvalue weighted by molar-refractivity contribution is 7.13. The molecule has 2 aromatic heterocycles. The van der Waals surface area contributed by atoms with Crippen LogP contribution in [-0.4, -0.2) is 14.3 Å². The van der Waals surface area contributed by atoms with Crippen molar-refractivity contribution >= 4 is 33.4 Å². The van der Waals surface area contributed by atoms with E-state index in [9.17, 15) is 4.79 Å². The van der Waals surface area contributed by atoms with Crippen LogP contribution in [0.2, 0.25) is 5.15 Å². The normalized spacial score (nSPS) is 10.6. The molecule has 2 heterocycles. The lowest BCUT2D eigenvalue weighted by atomic mass is 10.5. The molecule has 2 aromatic rings. The molecule has 0 aliphatic carbocycles. The van der Waals surface area contributed by atoms with Gasteiger partial charge >= 0.3 is 0 Å². The van der Waals surface area contributed by atoms with Gasteiger partial charge in [-0.2, -0.15) is 4.37 Å². The standard InChI is InChI=1S/C5H2ClN3OS/c6-3-2-4(10)7-1-8-5(2)11-9-3/h1H,(H,7,8,10). The molecule has 0 aliphatic rings. The van der Waals surface area contributed by atoms with Crippen LogP contribution in [0.3, 0.4) is 0 Å². The van der Waals surface area contributed by atoms with Gasteiger partial charge in [0, 0.05) is 0 Å². The van der Waals surface area contributed by atoms with Crippen molar-refractivity contribution in [3.8, 4) is 0 Å². The molecule has 4 nitrogen and oxygen atoms in total. The van der Waals surface area contributed by atoms with Crippen molar-refractivity contribution in [2.45, 2.75) is 0 Å². The fourth-order valence-corrected chi connectivity index (χ4v) is 1.74. The maximum atomic E-state index is 11.0. The second-order valence-electron chi connectivity index (χ2n) is 1.89. The van der Waals surface area contributed by atoms with Crippen molar-refractivity contribution < 1.29 is 0 Å². The van der Waals surface area contributed by atoms with Gasteiger partial charge in [-0.15, -0.1) is 0 Å². The lowest BCUT2D eigenvalue weighted by molar-refractivity contribution is 1.18. The molecular weight excluding hydrogens is 186 g/mol. The first kappa shape index (κ1) is 6.75. The van der Waals surface area contributed by atoms with Gasteiger partial charge in [0.05, 0.1) is 6.33 Å². The number of aromatic nitrogens is 3. The maximum absolute atomic E-state index is 11.0. The summed E-state index contributed by atoms with van der Waals surface area (Å²) in [6.07, 6.45) is 1.33. The van der Waals surface area contributed by atoms with Crippen molar-refractivity contribution in [3.05, 3.63) is 21.8 Å². The van der Waals surface area contributed by atoms with Gasteiger partial charge in [-0.1, -0.05) is 11.6 Å². The average Bonchev–Trinajstić information content (AvgIpc) is 2.34. The molecule has 0 atom stereocenters. The Bertz CT molecular complexity index is 448. The fourth-order valence-electron chi connectivity index (χ4n) is 0.763. The number of hydrogen-bond acceptors (Lipinski definition) is 4. The minimum absolute atomic E-state index is 0.222. The summed E-state index contributed by atoms with van der Waals surface area (Å²) >= 11 is 6.73. The molecule has 56 valence electrons. The topological polar surface area (TPSA) is 58.6 Å². The summed E-state index contributed by atoms with van der Waals surface area (Å²) in [5, 5.41) is 0.596. The number of H-pyrrole nitrogens is 1. The van der Waals surface area contributed by atoms with Gasteiger partial charge in [0.2, 0.25) is 0 Å². The number of aromatic amines is 1. The smallest absolute Gasteiger partial charge is 0.262 e. The lowest BCUT2D eigenvalue weighted by Crippen LogP contribution is -2.04. The quantitative estimate of drug-likeness (QED) is 0.670. The van der Waals surface area contributed by atoms with Crippen molar-refractivity contribution in [2.75, 3.05) is 0 Å². The molecule has 0 bridgehead atoms. The van der Waals surface area contributed by atoms with Gasteiger partial charge in [0.15, 0.2) is 9.98 Å². The largest absolute Gasteiger partial charge is 0.312 e.